The summed E-state index contributed by atoms with van der Waals surface area (Å²) < 4.78 is 0. The molecule has 1 saturated carbocycles. The fourth-order valence-corrected chi connectivity index (χ4v) is 3.33. The lowest BCUT2D eigenvalue weighted by molar-refractivity contribution is 0.230. The zero-order valence-electron chi connectivity index (χ0n) is 11.3. The van der Waals surface area contributed by atoms with Crippen molar-refractivity contribution in [3.05, 3.63) is 35.9 Å². The van der Waals surface area contributed by atoms with E-state index in [-0.39, 0.29) is 0 Å². The van der Waals surface area contributed by atoms with Gasteiger partial charge in [-0.3, -0.25) is 0 Å². The summed E-state index contributed by atoms with van der Waals surface area (Å²) in [4.78, 5) is 2.60. The highest BCUT2D eigenvalue weighted by Crippen LogP contribution is 2.44. The van der Waals surface area contributed by atoms with Gasteiger partial charge in [-0.25, -0.2) is 0 Å². The number of hydrogen-bond acceptors (Lipinski definition) is 2. The van der Waals surface area contributed by atoms with Gasteiger partial charge in [0.1, 0.15) is 0 Å². The Hall–Kier alpha value is -0.860. The van der Waals surface area contributed by atoms with Crippen molar-refractivity contribution in [3.8, 4) is 0 Å². The molecule has 98 valence electrons. The third-order valence-electron chi connectivity index (χ3n) is 4.56. The van der Waals surface area contributed by atoms with E-state index in [9.17, 15) is 0 Å². The van der Waals surface area contributed by atoms with E-state index in [1.165, 1.54) is 44.5 Å². The van der Waals surface area contributed by atoms with Crippen molar-refractivity contribution in [2.24, 2.45) is 5.92 Å². The van der Waals surface area contributed by atoms with E-state index >= 15 is 0 Å². The van der Waals surface area contributed by atoms with Gasteiger partial charge in [-0.15, -0.1) is 0 Å². The maximum absolute atomic E-state index is 3.45. The highest BCUT2D eigenvalue weighted by Gasteiger charge is 2.41. The third-order valence-corrected chi connectivity index (χ3v) is 4.56. The van der Waals surface area contributed by atoms with Crippen molar-refractivity contribution in [3.63, 3.8) is 0 Å². The van der Waals surface area contributed by atoms with E-state index < -0.39 is 0 Å². The number of likely N-dealkylation sites (N-methyl/N-ethyl adjacent to an activating group) is 1. The van der Waals surface area contributed by atoms with Gasteiger partial charge in [-0.05, 0) is 50.9 Å². The summed E-state index contributed by atoms with van der Waals surface area (Å²) in [7, 11) is 2.32. The van der Waals surface area contributed by atoms with Gasteiger partial charge in [-0.2, -0.15) is 0 Å². The molecule has 0 spiro atoms. The van der Waals surface area contributed by atoms with Crippen LogP contribution in [0, 0.1) is 5.92 Å². The second-order valence-corrected chi connectivity index (χ2v) is 5.95. The maximum Gasteiger partial charge on any atom is 0.0168 e. The van der Waals surface area contributed by atoms with E-state index in [0.717, 1.165) is 17.9 Å². The summed E-state index contributed by atoms with van der Waals surface area (Å²) in [5.41, 5.74) is 1.53. The zero-order chi connectivity index (χ0) is 12.4. The van der Waals surface area contributed by atoms with Gasteiger partial charge < -0.3 is 10.2 Å². The summed E-state index contributed by atoms with van der Waals surface area (Å²) in [6.07, 6.45) is 4.06. The molecule has 2 nitrogen and oxygen atoms in total. The first-order chi connectivity index (χ1) is 8.84. The molecule has 2 aliphatic rings. The number of rotatable bonds is 4. The molecule has 0 unspecified atom stereocenters. The Kier molecular flexibility index (Phi) is 3.67. The van der Waals surface area contributed by atoms with Gasteiger partial charge in [-0.1, -0.05) is 30.3 Å². The molecule has 1 saturated heterocycles. The van der Waals surface area contributed by atoms with Gasteiger partial charge in [0.25, 0.3) is 0 Å². The van der Waals surface area contributed by atoms with Gasteiger partial charge >= 0.3 is 0 Å². The highest BCUT2D eigenvalue weighted by atomic mass is 15.2. The summed E-state index contributed by atoms with van der Waals surface area (Å²) in [6.45, 7) is 3.71. The predicted molar refractivity (Wildman–Crippen MR) is 75.8 cm³/mol. The van der Waals surface area contributed by atoms with Crippen LogP contribution in [0.5, 0.6) is 0 Å². The van der Waals surface area contributed by atoms with Crippen LogP contribution in [0.2, 0.25) is 0 Å². The number of hydrogen-bond donors (Lipinski definition) is 1. The van der Waals surface area contributed by atoms with E-state index in [1.54, 1.807) is 0 Å². The monoisotopic (exact) mass is 244 g/mol. The molecule has 1 aliphatic carbocycles. The molecular formula is C16H24N2. The zero-order valence-corrected chi connectivity index (χ0v) is 11.3. The van der Waals surface area contributed by atoms with Crippen molar-refractivity contribution in [2.45, 2.75) is 31.2 Å². The number of nitrogens with zero attached hydrogens (tertiary/aromatic N) is 1. The molecule has 1 heterocycles. The lowest BCUT2D eigenvalue weighted by Gasteiger charge is -2.27. The molecule has 3 rings (SSSR count). The minimum Gasteiger partial charge on any atom is -0.317 e. The first-order valence-electron chi connectivity index (χ1n) is 7.30. The van der Waals surface area contributed by atoms with Crippen LogP contribution in [0.1, 0.15) is 30.7 Å². The molecule has 0 amide bonds. The van der Waals surface area contributed by atoms with Crippen molar-refractivity contribution in [2.75, 3.05) is 26.7 Å². The van der Waals surface area contributed by atoms with Crippen LogP contribution in [0.15, 0.2) is 30.3 Å². The summed E-state index contributed by atoms with van der Waals surface area (Å²) >= 11 is 0. The van der Waals surface area contributed by atoms with Crippen LogP contribution in [-0.4, -0.2) is 37.6 Å². The van der Waals surface area contributed by atoms with Crippen LogP contribution in [0.25, 0.3) is 0 Å². The topological polar surface area (TPSA) is 15.3 Å². The predicted octanol–water partition coefficient (Wildman–Crippen LogP) is 2.47. The quantitative estimate of drug-likeness (QED) is 0.875. The van der Waals surface area contributed by atoms with Gasteiger partial charge in [0.15, 0.2) is 0 Å². The Balaban J connectivity index is 1.51. The molecule has 18 heavy (non-hydrogen) atoms. The largest absolute Gasteiger partial charge is 0.317 e. The smallest absolute Gasteiger partial charge is 0.0168 e. The van der Waals surface area contributed by atoms with Crippen molar-refractivity contribution >= 4 is 0 Å². The Bertz CT molecular complexity index is 370. The lowest BCUT2D eigenvalue weighted by atomic mass is 9.97. The first-order valence-corrected chi connectivity index (χ1v) is 7.30. The molecule has 0 bridgehead atoms. The second kappa shape index (κ2) is 5.41. The molecule has 2 heteroatoms. The summed E-state index contributed by atoms with van der Waals surface area (Å²) in [5, 5.41) is 3.45. The fraction of sp³-hybridized carbons (Fsp3) is 0.625. The third kappa shape index (κ3) is 2.76. The van der Waals surface area contributed by atoms with Crippen LogP contribution in [0.4, 0.5) is 0 Å². The number of benzene rings is 1. The van der Waals surface area contributed by atoms with Crippen LogP contribution in [-0.2, 0) is 0 Å². The molecular weight excluding hydrogens is 220 g/mol. The maximum atomic E-state index is 3.45. The van der Waals surface area contributed by atoms with Crippen molar-refractivity contribution in [1.82, 2.24) is 10.2 Å². The average Bonchev–Trinajstić information content (AvgIpc) is 3.21. The standard InChI is InChI=1S/C16H24N2/c1-18(12-13-7-9-17-10-8-13)16-11-15(16)14-5-3-2-4-6-14/h2-6,13,15-17H,7-12H2,1H3/t15-,16+/m1/s1. The molecule has 1 N–H and O–H groups in total. The lowest BCUT2D eigenvalue weighted by Crippen LogP contribution is -2.35. The van der Waals surface area contributed by atoms with E-state index in [2.05, 4.69) is 47.6 Å². The molecule has 1 aromatic carbocycles. The van der Waals surface area contributed by atoms with E-state index in [0.29, 0.717) is 0 Å². The molecule has 0 radical (unpaired) electrons. The Labute approximate surface area is 110 Å². The highest BCUT2D eigenvalue weighted by molar-refractivity contribution is 5.27. The minimum atomic E-state index is 0.790. The van der Waals surface area contributed by atoms with E-state index in [4.69, 9.17) is 0 Å². The van der Waals surface area contributed by atoms with Crippen LogP contribution >= 0.6 is 0 Å². The molecule has 1 aliphatic heterocycles. The normalized spacial score (nSPS) is 28.6. The van der Waals surface area contributed by atoms with Crippen LogP contribution < -0.4 is 5.32 Å². The minimum absolute atomic E-state index is 0.790. The molecule has 1 aromatic rings. The van der Waals surface area contributed by atoms with Crippen molar-refractivity contribution in [1.29, 1.82) is 0 Å². The molecule has 0 aromatic heterocycles. The van der Waals surface area contributed by atoms with E-state index in [1.807, 2.05) is 0 Å². The van der Waals surface area contributed by atoms with Gasteiger partial charge in [0, 0.05) is 18.5 Å². The van der Waals surface area contributed by atoms with Gasteiger partial charge in [0.2, 0.25) is 0 Å². The Morgan fingerprint density at radius 2 is 1.89 bits per heavy atom. The summed E-state index contributed by atoms with van der Waals surface area (Å²) in [6, 6.07) is 11.8. The number of nitrogens with one attached hydrogen (secondary N) is 1. The molecule has 2 fully saturated rings. The summed E-state index contributed by atoms with van der Waals surface area (Å²) in [5.74, 6) is 1.70. The second-order valence-electron chi connectivity index (χ2n) is 5.95. The number of piperidine rings is 1. The Morgan fingerprint density at radius 3 is 2.61 bits per heavy atom. The first kappa shape index (κ1) is 12.2. The molecule has 2 atom stereocenters. The average molecular weight is 244 g/mol. The van der Waals surface area contributed by atoms with Gasteiger partial charge in [0.05, 0.1) is 0 Å². The van der Waals surface area contributed by atoms with Crippen molar-refractivity contribution < 1.29 is 0 Å². The fourth-order valence-electron chi connectivity index (χ4n) is 3.33. The Morgan fingerprint density at radius 1 is 1.17 bits per heavy atom. The SMILES string of the molecule is CN(CC1CCNCC1)[C@H]1C[C@@H]1c1ccccc1. The van der Waals surface area contributed by atoms with Crippen LogP contribution in [0.3, 0.4) is 0 Å².